The Morgan fingerprint density at radius 1 is 1.27 bits per heavy atom. The number of anilines is 1. The third kappa shape index (κ3) is 5.43. The molecule has 4 nitrogen and oxygen atoms in total. The Morgan fingerprint density at radius 2 is 2.04 bits per heavy atom. The summed E-state index contributed by atoms with van der Waals surface area (Å²) in [4.78, 5) is 23.7. The number of benzene rings is 2. The van der Waals surface area contributed by atoms with Crippen molar-refractivity contribution in [2.45, 2.75) is 20.3 Å². The van der Waals surface area contributed by atoms with Gasteiger partial charge in [-0.25, -0.2) is 9.18 Å². The molecule has 6 heteroatoms. The summed E-state index contributed by atoms with van der Waals surface area (Å²) >= 11 is 5.67. The molecule has 1 N–H and O–H groups in total. The molecular formula is C20H19ClFNO3. The lowest BCUT2D eigenvalue weighted by molar-refractivity contribution is -0.142. The van der Waals surface area contributed by atoms with Gasteiger partial charge in [0, 0.05) is 11.8 Å². The van der Waals surface area contributed by atoms with Crippen molar-refractivity contribution < 1.29 is 18.7 Å². The molecule has 136 valence electrons. The molecule has 0 spiro atoms. The zero-order chi connectivity index (χ0) is 19.1. The molecule has 0 atom stereocenters. The number of rotatable bonds is 6. The summed E-state index contributed by atoms with van der Waals surface area (Å²) in [6.07, 6.45) is 3.37. The van der Waals surface area contributed by atoms with Crippen LogP contribution in [0, 0.1) is 12.7 Å². The van der Waals surface area contributed by atoms with Crippen LogP contribution in [-0.4, -0.2) is 18.5 Å². The number of hydrogen-bond acceptors (Lipinski definition) is 3. The van der Waals surface area contributed by atoms with Gasteiger partial charge in [0.15, 0.2) is 6.61 Å². The van der Waals surface area contributed by atoms with E-state index in [4.69, 9.17) is 16.3 Å². The van der Waals surface area contributed by atoms with Crippen molar-refractivity contribution in [1.82, 2.24) is 0 Å². The highest BCUT2D eigenvalue weighted by atomic mass is 35.5. The molecule has 0 aliphatic carbocycles. The van der Waals surface area contributed by atoms with Gasteiger partial charge in [0.05, 0.1) is 5.02 Å². The topological polar surface area (TPSA) is 55.4 Å². The van der Waals surface area contributed by atoms with Crippen molar-refractivity contribution in [2.24, 2.45) is 0 Å². The molecule has 0 unspecified atom stereocenters. The first-order valence-electron chi connectivity index (χ1n) is 8.09. The largest absolute Gasteiger partial charge is 0.452 e. The summed E-state index contributed by atoms with van der Waals surface area (Å²) in [5, 5.41) is 2.74. The Hall–Kier alpha value is -2.66. The number of esters is 1. The lowest BCUT2D eigenvalue weighted by Gasteiger charge is -2.12. The summed E-state index contributed by atoms with van der Waals surface area (Å²) in [5.41, 5.74) is 3.24. The number of carbonyl (C=O) groups excluding carboxylic acids is 2. The molecule has 0 bridgehead atoms. The molecule has 0 aliphatic heterocycles. The molecule has 0 fully saturated rings. The van der Waals surface area contributed by atoms with E-state index in [9.17, 15) is 14.0 Å². The average molecular weight is 376 g/mol. The van der Waals surface area contributed by atoms with Crippen molar-refractivity contribution in [3.63, 3.8) is 0 Å². The maximum atomic E-state index is 13.1. The van der Waals surface area contributed by atoms with Crippen LogP contribution >= 0.6 is 11.6 Å². The van der Waals surface area contributed by atoms with E-state index in [0.29, 0.717) is 5.56 Å². The van der Waals surface area contributed by atoms with Crippen molar-refractivity contribution in [3.05, 3.63) is 70.0 Å². The van der Waals surface area contributed by atoms with Crippen LogP contribution in [0.1, 0.15) is 23.6 Å². The predicted molar refractivity (Wildman–Crippen MR) is 101 cm³/mol. The van der Waals surface area contributed by atoms with Crippen molar-refractivity contribution in [3.8, 4) is 0 Å². The summed E-state index contributed by atoms with van der Waals surface area (Å²) in [7, 11) is 0. The van der Waals surface area contributed by atoms with Crippen LogP contribution in [0.5, 0.6) is 0 Å². The fourth-order valence-electron chi connectivity index (χ4n) is 2.34. The van der Waals surface area contributed by atoms with Gasteiger partial charge in [0.2, 0.25) is 0 Å². The Morgan fingerprint density at radius 3 is 2.73 bits per heavy atom. The molecule has 0 saturated carbocycles. The van der Waals surface area contributed by atoms with Gasteiger partial charge < -0.3 is 10.1 Å². The van der Waals surface area contributed by atoms with Gasteiger partial charge in [-0.1, -0.05) is 42.8 Å². The van der Waals surface area contributed by atoms with Crippen LogP contribution in [0.15, 0.2) is 42.5 Å². The molecule has 2 rings (SSSR count). The second kappa shape index (κ2) is 9.15. The van der Waals surface area contributed by atoms with E-state index in [1.54, 1.807) is 0 Å². The van der Waals surface area contributed by atoms with E-state index < -0.39 is 24.3 Å². The number of nitrogens with one attached hydrogen (secondary N) is 1. The highest BCUT2D eigenvalue weighted by Gasteiger charge is 2.10. The van der Waals surface area contributed by atoms with Gasteiger partial charge in [-0.2, -0.15) is 0 Å². The number of carbonyl (C=O) groups is 2. The second-order valence-electron chi connectivity index (χ2n) is 5.63. The number of halogens is 2. The molecule has 0 saturated heterocycles. The van der Waals surface area contributed by atoms with Crippen molar-refractivity contribution in [1.29, 1.82) is 0 Å². The van der Waals surface area contributed by atoms with Gasteiger partial charge in [0.1, 0.15) is 5.82 Å². The Labute approximate surface area is 156 Å². The first-order valence-corrected chi connectivity index (χ1v) is 8.46. The zero-order valence-electron chi connectivity index (χ0n) is 14.5. The molecule has 0 radical (unpaired) electrons. The van der Waals surface area contributed by atoms with E-state index in [1.165, 1.54) is 24.3 Å². The number of hydrogen-bond donors (Lipinski definition) is 1. The maximum Gasteiger partial charge on any atom is 0.331 e. The molecular weight excluding hydrogens is 357 g/mol. The lowest BCUT2D eigenvalue weighted by atomic mass is 10.1. The monoisotopic (exact) mass is 375 g/mol. The molecule has 1 amide bonds. The minimum absolute atomic E-state index is 0.0372. The first kappa shape index (κ1) is 19.7. The second-order valence-corrected chi connectivity index (χ2v) is 6.03. The normalized spacial score (nSPS) is 10.8. The third-order valence-electron chi connectivity index (χ3n) is 3.71. The lowest BCUT2D eigenvalue weighted by Crippen LogP contribution is -2.21. The summed E-state index contributed by atoms with van der Waals surface area (Å²) < 4.78 is 18.0. The molecule has 26 heavy (non-hydrogen) atoms. The Bertz CT molecular complexity index is 849. The Kier molecular flexibility index (Phi) is 6.92. The minimum atomic E-state index is -0.680. The smallest absolute Gasteiger partial charge is 0.331 e. The number of para-hydroxylation sites is 1. The van der Waals surface area contributed by atoms with Crippen LogP contribution < -0.4 is 5.32 Å². The van der Waals surface area contributed by atoms with E-state index in [1.807, 2.05) is 32.0 Å². The van der Waals surface area contributed by atoms with Crippen LogP contribution in [0.3, 0.4) is 0 Å². The van der Waals surface area contributed by atoms with Gasteiger partial charge in [-0.05, 0) is 48.2 Å². The molecule has 0 aliphatic rings. The summed E-state index contributed by atoms with van der Waals surface area (Å²) in [6, 6.07) is 9.83. The standard InChI is InChI=1S/C20H19ClFNO3/c1-3-15-6-4-5-13(2)20(15)23-18(24)12-26-19(25)10-8-14-7-9-17(22)16(21)11-14/h4-11H,3,12H2,1-2H3,(H,23,24)/b10-8+. The zero-order valence-corrected chi connectivity index (χ0v) is 15.3. The van der Waals surface area contributed by atoms with E-state index >= 15 is 0 Å². The average Bonchev–Trinajstić information content (AvgIpc) is 2.62. The van der Waals surface area contributed by atoms with Crippen LogP contribution in [0.2, 0.25) is 5.02 Å². The van der Waals surface area contributed by atoms with Crippen LogP contribution in [0.4, 0.5) is 10.1 Å². The SMILES string of the molecule is CCc1cccc(C)c1NC(=O)COC(=O)/C=C/c1ccc(F)c(Cl)c1. The molecule has 0 heterocycles. The fourth-order valence-corrected chi connectivity index (χ4v) is 2.53. The fraction of sp³-hybridized carbons (Fsp3) is 0.200. The quantitative estimate of drug-likeness (QED) is 0.595. The van der Waals surface area contributed by atoms with Gasteiger partial charge in [0.25, 0.3) is 5.91 Å². The van der Waals surface area contributed by atoms with Gasteiger partial charge in [-0.15, -0.1) is 0 Å². The van der Waals surface area contributed by atoms with Crippen LogP contribution in [0.25, 0.3) is 6.08 Å². The minimum Gasteiger partial charge on any atom is -0.452 e. The summed E-state index contributed by atoms with van der Waals surface area (Å²) in [6.45, 7) is 3.50. The highest BCUT2D eigenvalue weighted by molar-refractivity contribution is 6.30. The van der Waals surface area contributed by atoms with Crippen molar-refractivity contribution >= 4 is 35.2 Å². The number of amides is 1. The predicted octanol–water partition coefficient (Wildman–Crippen LogP) is 4.55. The first-order chi connectivity index (χ1) is 12.4. The number of aryl methyl sites for hydroxylation is 2. The van der Waals surface area contributed by atoms with E-state index in [-0.39, 0.29) is 5.02 Å². The number of ether oxygens (including phenoxy) is 1. The molecule has 2 aromatic carbocycles. The van der Waals surface area contributed by atoms with E-state index in [0.717, 1.165) is 29.3 Å². The van der Waals surface area contributed by atoms with E-state index in [2.05, 4.69) is 5.32 Å². The third-order valence-corrected chi connectivity index (χ3v) is 4.00. The Balaban J connectivity index is 1.90. The van der Waals surface area contributed by atoms with Crippen LogP contribution in [-0.2, 0) is 20.7 Å². The highest BCUT2D eigenvalue weighted by Crippen LogP contribution is 2.21. The van der Waals surface area contributed by atoms with Gasteiger partial charge in [-0.3, -0.25) is 4.79 Å². The maximum absolute atomic E-state index is 13.1. The molecule has 2 aromatic rings. The van der Waals surface area contributed by atoms with Gasteiger partial charge >= 0.3 is 5.97 Å². The molecule has 0 aromatic heterocycles. The summed E-state index contributed by atoms with van der Waals surface area (Å²) in [5.74, 6) is -1.63. The van der Waals surface area contributed by atoms with Crippen molar-refractivity contribution in [2.75, 3.05) is 11.9 Å².